The fourth-order valence-corrected chi connectivity index (χ4v) is 2.56. The Balaban J connectivity index is 2.13. The van der Waals surface area contributed by atoms with Crippen LogP contribution in [0.15, 0.2) is 48.5 Å². The van der Waals surface area contributed by atoms with E-state index >= 15 is 0 Å². The Morgan fingerprint density at radius 1 is 0.952 bits per heavy atom. The molecule has 0 radical (unpaired) electrons. The summed E-state index contributed by atoms with van der Waals surface area (Å²) < 4.78 is 0. The first-order valence-electron chi connectivity index (χ1n) is 7.36. The van der Waals surface area contributed by atoms with E-state index in [0.717, 1.165) is 12.0 Å². The normalized spacial score (nSPS) is 12.4. The lowest BCUT2D eigenvalue weighted by Gasteiger charge is -2.12. The van der Waals surface area contributed by atoms with Crippen LogP contribution in [0.5, 0.6) is 0 Å². The minimum atomic E-state index is -0.140. The van der Waals surface area contributed by atoms with E-state index in [9.17, 15) is 4.79 Å². The molecule has 2 aromatic carbocycles. The van der Waals surface area contributed by atoms with Gasteiger partial charge in [0, 0.05) is 16.5 Å². The van der Waals surface area contributed by atoms with Gasteiger partial charge in [-0.2, -0.15) is 0 Å². The number of hydrogen-bond donors (Lipinski definition) is 0. The Labute approximate surface area is 132 Å². The highest BCUT2D eigenvalue weighted by atomic mass is 35.5. The van der Waals surface area contributed by atoms with E-state index in [1.165, 1.54) is 5.56 Å². The van der Waals surface area contributed by atoms with Crippen LogP contribution in [-0.4, -0.2) is 5.78 Å². The standard InChI is InChI=1S/C19H21ClO/c1-13(2)12-15-4-6-16(7-5-15)14(3)19(21)17-8-10-18(20)11-9-17/h4-11,13-14H,12H2,1-3H3/t14-/m0/s1. The Morgan fingerprint density at radius 2 is 1.52 bits per heavy atom. The van der Waals surface area contributed by atoms with Crippen LogP contribution in [0.3, 0.4) is 0 Å². The van der Waals surface area contributed by atoms with Gasteiger partial charge in [-0.1, -0.05) is 56.6 Å². The van der Waals surface area contributed by atoms with Gasteiger partial charge in [0.25, 0.3) is 0 Å². The quantitative estimate of drug-likeness (QED) is 0.664. The molecule has 0 fully saturated rings. The van der Waals surface area contributed by atoms with Crippen LogP contribution >= 0.6 is 11.6 Å². The van der Waals surface area contributed by atoms with Crippen molar-refractivity contribution in [1.29, 1.82) is 0 Å². The maximum Gasteiger partial charge on any atom is 0.170 e. The summed E-state index contributed by atoms with van der Waals surface area (Å²) in [6, 6.07) is 15.5. The van der Waals surface area contributed by atoms with E-state index < -0.39 is 0 Å². The molecular formula is C19H21ClO. The van der Waals surface area contributed by atoms with Gasteiger partial charge in [-0.25, -0.2) is 0 Å². The Morgan fingerprint density at radius 3 is 2.05 bits per heavy atom. The highest BCUT2D eigenvalue weighted by Crippen LogP contribution is 2.22. The third-order valence-electron chi connectivity index (χ3n) is 3.65. The van der Waals surface area contributed by atoms with Crippen LogP contribution < -0.4 is 0 Å². The van der Waals surface area contributed by atoms with E-state index in [2.05, 4.69) is 38.1 Å². The lowest BCUT2D eigenvalue weighted by atomic mass is 9.91. The van der Waals surface area contributed by atoms with Gasteiger partial charge in [0.05, 0.1) is 0 Å². The van der Waals surface area contributed by atoms with Crippen LogP contribution in [0.25, 0.3) is 0 Å². The summed E-state index contributed by atoms with van der Waals surface area (Å²) in [7, 11) is 0. The van der Waals surface area contributed by atoms with Crippen LogP contribution in [-0.2, 0) is 6.42 Å². The molecule has 0 N–H and O–H groups in total. The average molecular weight is 301 g/mol. The number of Topliss-reactive ketones (excluding diaryl/α,β-unsaturated/α-hetero) is 1. The third-order valence-corrected chi connectivity index (χ3v) is 3.90. The van der Waals surface area contributed by atoms with Gasteiger partial charge in [-0.05, 0) is 47.7 Å². The molecule has 0 aliphatic rings. The van der Waals surface area contributed by atoms with Crippen molar-refractivity contribution >= 4 is 17.4 Å². The summed E-state index contributed by atoms with van der Waals surface area (Å²) in [4.78, 5) is 12.5. The second-order valence-electron chi connectivity index (χ2n) is 5.93. The molecule has 0 saturated heterocycles. The topological polar surface area (TPSA) is 17.1 Å². The van der Waals surface area contributed by atoms with Gasteiger partial charge in [-0.3, -0.25) is 4.79 Å². The number of carbonyl (C=O) groups is 1. The second-order valence-corrected chi connectivity index (χ2v) is 6.37. The molecule has 1 nitrogen and oxygen atoms in total. The number of halogens is 1. The zero-order valence-electron chi connectivity index (χ0n) is 12.8. The number of carbonyl (C=O) groups excluding carboxylic acids is 1. The van der Waals surface area contributed by atoms with Crippen molar-refractivity contribution in [3.63, 3.8) is 0 Å². The third kappa shape index (κ3) is 4.18. The maximum atomic E-state index is 12.5. The lowest BCUT2D eigenvalue weighted by molar-refractivity contribution is 0.0966. The van der Waals surface area contributed by atoms with Gasteiger partial charge in [0.2, 0.25) is 0 Å². The Bertz CT molecular complexity index is 596. The molecule has 0 unspecified atom stereocenters. The van der Waals surface area contributed by atoms with Crippen LogP contribution in [0.2, 0.25) is 5.02 Å². The number of benzene rings is 2. The fraction of sp³-hybridized carbons (Fsp3) is 0.316. The minimum Gasteiger partial charge on any atom is -0.294 e. The Hall–Kier alpha value is -1.60. The zero-order valence-corrected chi connectivity index (χ0v) is 13.5. The molecule has 2 rings (SSSR count). The van der Waals surface area contributed by atoms with Gasteiger partial charge in [-0.15, -0.1) is 0 Å². The van der Waals surface area contributed by atoms with Gasteiger partial charge in [0.1, 0.15) is 0 Å². The van der Waals surface area contributed by atoms with E-state index in [0.29, 0.717) is 16.5 Å². The minimum absolute atomic E-state index is 0.128. The van der Waals surface area contributed by atoms with Crippen molar-refractivity contribution in [1.82, 2.24) is 0 Å². The van der Waals surface area contributed by atoms with Crippen molar-refractivity contribution in [3.05, 3.63) is 70.2 Å². The molecule has 2 heteroatoms. The van der Waals surface area contributed by atoms with Crippen molar-refractivity contribution in [3.8, 4) is 0 Å². The first-order valence-corrected chi connectivity index (χ1v) is 7.74. The van der Waals surface area contributed by atoms with Gasteiger partial charge >= 0.3 is 0 Å². The predicted molar refractivity (Wildman–Crippen MR) is 89.2 cm³/mol. The molecule has 0 aliphatic heterocycles. The van der Waals surface area contributed by atoms with Crippen LogP contribution in [0.4, 0.5) is 0 Å². The molecule has 2 aromatic rings. The smallest absolute Gasteiger partial charge is 0.170 e. The molecule has 0 saturated carbocycles. The highest BCUT2D eigenvalue weighted by molar-refractivity contribution is 6.30. The molecular weight excluding hydrogens is 280 g/mol. The summed E-state index contributed by atoms with van der Waals surface area (Å²) in [5.74, 6) is 0.631. The predicted octanol–water partition coefficient (Wildman–Crippen LogP) is 5.52. The van der Waals surface area contributed by atoms with Gasteiger partial charge < -0.3 is 0 Å². The SMILES string of the molecule is CC(C)Cc1ccc([C@H](C)C(=O)c2ccc(Cl)cc2)cc1. The monoisotopic (exact) mass is 300 g/mol. The van der Waals surface area contributed by atoms with Crippen molar-refractivity contribution in [2.45, 2.75) is 33.1 Å². The zero-order chi connectivity index (χ0) is 15.4. The number of hydrogen-bond acceptors (Lipinski definition) is 1. The molecule has 0 aromatic heterocycles. The summed E-state index contributed by atoms with van der Waals surface area (Å²) >= 11 is 5.86. The first kappa shape index (κ1) is 15.8. The van der Waals surface area contributed by atoms with Crippen molar-refractivity contribution in [2.24, 2.45) is 5.92 Å². The van der Waals surface area contributed by atoms with Gasteiger partial charge in [0.15, 0.2) is 5.78 Å². The molecule has 0 aliphatic carbocycles. The number of rotatable bonds is 5. The molecule has 0 amide bonds. The highest BCUT2D eigenvalue weighted by Gasteiger charge is 2.17. The number of ketones is 1. The molecule has 0 spiro atoms. The second kappa shape index (κ2) is 6.91. The maximum absolute atomic E-state index is 12.5. The lowest BCUT2D eigenvalue weighted by Crippen LogP contribution is -2.09. The summed E-state index contributed by atoms with van der Waals surface area (Å²) in [6.07, 6.45) is 1.07. The van der Waals surface area contributed by atoms with E-state index in [-0.39, 0.29) is 11.7 Å². The molecule has 110 valence electrons. The largest absolute Gasteiger partial charge is 0.294 e. The van der Waals surface area contributed by atoms with Crippen molar-refractivity contribution < 1.29 is 4.79 Å². The summed E-state index contributed by atoms with van der Waals surface area (Å²) in [5.41, 5.74) is 3.08. The summed E-state index contributed by atoms with van der Waals surface area (Å²) in [5, 5.41) is 0.650. The average Bonchev–Trinajstić information content (AvgIpc) is 2.47. The fourth-order valence-electron chi connectivity index (χ4n) is 2.43. The van der Waals surface area contributed by atoms with Crippen LogP contribution in [0.1, 0.15) is 48.2 Å². The van der Waals surface area contributed by atoms with E-state index in [1.807, 2.05) is 6.92 Å². The molecule has 1 atom stereocenters. The van der Waals surface area contributed by atoms with E-state index in [4.69, 9.17) is 11.6 Å². The molecule has 21 heavy (non-hydrogen) atoms. The first-order chi connectivity index (χ1) is 9.97. The van der Waals surface area contributed by atoms with Crippen molar-refractivity contribution in [2.75, 3.05) is 0 Å². The summed E-state index contributed by atoms with van der Waals surface area (Å²) in [6.45, 7) is 6.37. The Kier molecular flexibility index (Phi) is 5.19. The molecule has 0 heterocycles. The molecule has 0 bridgehead atoms. The van der Waals surface area contributed by atoms with E-state index in [1.54, 1.807) is 24.3 Å². The van der Waals surface area contributed by atoms with Crippen LogP contribution in [0, 0.1) is 5.92 Å².